The molecule has 0 aromatic rings. The highest BCUT2D eigenvalue weighted by atomic mass is 16.6. The molecule has 0 saturated carbocycles. The maximum Gasteiger partial charge on any atom is 0.178 e. The zero-order valence-electron chi connectivity index (χ0n) is 8.85. The maximum atomic E-state index is 11.3. The van der Waals surface area contributed by atoms with Crippen LogP contribution in [-0.2, 0) is 9.53 Å². The SMILES string of the molecule is CC=CCC=CCCC(=O)C1OC1C#N. The first-order valence-corrected chi connectivity index (χ1v) is 5.13. The first-order valence-electron chi connectivity index (χ1n) is 5.13. The van der Waals surface area contributed by atoms with Gasteiger partial charge in [-0.15, -0.1) is 0 Å². The molecule has 0 N–H and O–H groups in total. The van der Waals surface area contributed by atoms with Crippen molar-refractivity contribution in [1.82, 2.24) is 0 Å². The Balaban J connectivity index is 2.08. The Morgan fingerprint density at radius 1 is 1.47 bits per heavy atom. The second kappa shape index (κ2) is 6.15. The van der Waals surface area contributed by atoms with Gasteiger partial charge in [-0.3, -0.25) is 4.79 Å². The number of epoxide rings is 1. The van der Waals surface area contributed by atoms with Gasteiger partial charge in [0.2, 0.25) is 0 Å². The molecule has 1 fully saturated rings. The molecule has 15 heavy (non-hydrogen) atoms. The van der Waals surface area contributed by atoms with Gasteiger partial charge in [0.25, 0.3) is 0 Å². The standard InChI is InChI=1S/C12H15NO2/c1-2-3-4-5-6-7-8-10(14)12-11(9-13)15-12/h2-3,5-6,11-12H,4,7-8H2,1H3. The second-order valence-corrected chi connectivity index (χ2v) is 3.39. The van der Waals surface area contributed by atoms with Crippen molar-refractivity contribution >= 4 is 5.78 Å². The van der Waals surface area contributed by atoms with Gasteiger partial charge >= 0.3 is 0 Å². The summed E-state index contributed by atoms with van der Waals surface area (Å²) < 4.78 is 4.88. The minimum Gasteiger partial charge on any atom is -0.345 e. The predicted octanol–water partition coefficient (Wildman–Crippen LogP) is 2.15. The van der Waals surface area contributed by atoms with Crippen molar-refractivity contribution in [3.8, 4) is 6.07 Å². The third-order valence-electron chi connectivity index (χ3n) is 2.17. The van der Waals surface area contributed by atoms with Crippen LogP contribution in [0.3, 0.4) is 0 Å². The molecule has 0 radical (unpaired) electrons. The van der Waals surface area contributed by atoms with Crippen molar-refractivity contribution < 1.29 is 9.53 Å². The summed E-state index contributed by atoms with van der Waals surface area (Å²) >= 11 is 0. The fourth-order valence-electron chi connectivity index (χ4n) is 1.25. The third-order valence-corrected chi connectivity index (χ3v) is 2.17. The van der Waals surface area contributed by atoms with Crippen molar-refractivity contribution in [3.63, 3.8) is 0 Å². The van der Waals surface area contributed by atoms with Gasteiger partial charge in [0.05, 0.1) is 6.07 Å². The Labute approximate surface area is 90.0 Å². The average molecular weight is 205 g/mol. The van der Waals surface area contributed by atoms with Gasteiger partial charge in [0.15, 0.2) is 18.0 Å². The molecular weight excluding hydrogens is 190 g/mol. The molecule has 3 heteroatoms. The van der Waals surface area contributed by atoms with E-state index in [-0.39, 0.29) is 5.78 Å². The van der Waals surface area contributed by atoms with Gasteiger partial charge < -0.3 is 4.74 Å². The van der Waals surface area contributed by atoms with E-state index in [9.17, 15) is 4.79 Å². The van der Waals surface area contributed by atoms with E-state index in [0.29, 0.717) is 6.42 Å². The number of carbonyl (C=O) groups is 1. The quantitative estimate of drug-likeness (QED) is 0.493. The smallest absolute Gasteiger partial charge is 0.178 e. The minimum absolute atomic E-state index is 0.0391. The zero-order chi connectivity index (χ0) is 11.1. The summed E-state index contributed by atoms with van der Waals surface area (Å²) in [4.78, 5) is 11.3. The van der Waals surface area contributed by atoms with Crippen LogP contribution in [0.5, 0.6) is 0 Å². The maximum absolute atomic E-state index is 11.3. The van der Waals surface area contributed by atoms with Gasteiger partial charge in [0.1, 0.15) is 0 Å². The monoisotopic (exact) mass is 205 g/mol. The number of allylic oxidation sites excluding steroid dienone is 4. The van der Waals surface area contributed by atoms with E-state index in [2.05, 4.69) is 0 Å². The molecular formula is C12H15NO2. The molecule has 0 aromatic carbocycles. The lowest BCUT2D eigenvalue weighted by Crippen LogP contribution is -2.08. The van der Waals surface area contributed by atoms with E-state index in [0.717, 1.165) is 12.8 Å². The summed E-state index contributed by atoms with van der Waals surface area (Å²) in [5.41, 5.74) is 0. The van der Waals surface area contributed by atoms with Gasteiger partial charge in [-0.05, 0) is 19.8 Å². The van der Waals surface area contributed by atoms with Crippen LogP contribution in [0.1, 0.15) is 26.2 Å². The van der Waals surface area contributed by atoms with E-state index >= 15 is 0 Å². The summed E-state index contributed by atoms with van der Waals surface area (Å²) in [6.45, 7) is 1.98. The highest BCUT2D eigenvalue weighted by Gasteiger charge is 2.44. The predicted molar refractivity (Wildman–Crippen MR) is 57.1 cm³/mol. The van der Waals surface area contributed by atoms with Crippen LogP contribution in [0.25, 0.3) is 0 Å². The molecule has 3 nitrogen and oxygen atoms in total. The van der Waals surface area contributed by atoms with Crippen molar-refractivity contribution in [1.29, 1.82) is 5.26 Å². The second-order valence-electron chi connectivity index (χ2n) is 3.39. The Morgan fingerprint density at radius 3 is 2.87 bits per heavy atom. The number of rotatable bonds is 6. The Bertz CT molecular complexity index is 312. The molecule has 0 amide bonds. The lowest BCUT2D eigenvalue weighted by atomic mass is 10.1. The number of carbonyl (C=O) groups excluding carboxylic acids is 1. The van der Waals surface area contributed by atoms with Crippen LogP contribution < -0.4 is 0 Å². The van der Waals surface area contributed by atoms with Crippen LogP contribution >= 0.6 is 0 Å². The first kappa shape index (κ1) is 11.7. The molecule has 1 saturated heterocycles. The molecule has 0 aromatic heterocycles. The van der Waals surface area contributed by atoms with Crippen LogP contribution in [0, 0.1) is 11.3 Å². The van der Waals surface area contributed by atoms with E-state index < -0.39 is 12.2 Å². The number of nitrogens with zero attached hydrogens (tertiary/aromatic N) is 1. The molecule has 2 unspecified atom stereocenters. The largest absolute Gasteiger partial charge is 0.345 e. The fourth-order valence-corrected chi connectivity index (χ4v) is 1.25. The summed E-state index contributed by atoms with van der Waals surface area (Å²) in [6.07, 6.45) is 9.24. The normalized spacial score (nSPS) is 24.5. The number of hydrogen-bond acceptors (Lipinski definition) is 3. The Hall–Kier alpha value is -1.40. The van der Waals surface area contributed by atoms with E-state index in [1.54, 1.807) is 0 Å². The molecule has 1 aliphatic heterocycles. The van der Waals surface area contributed by atoms with Gasteiger partial charge in [-0.2, -0.15) is 5.26 Å². The van der Waals surface area contributed by atoms with Crippen molar-refractivity contribution in [2.45, 2.75) is 38.4 Å². The number of ether oxygens (including phenoxy) is 1. The highest BCUT2D eigenvalue weighted by Crippen LogP contribution is 2.23. The van der Waals surface area contributed by atoms with Crippen LogP contribution in [-0.4, -0.2) is 18.0 Å². The topological polar surface area (TPSA) is 53.4 Å². The lowest BCUT2D eigenvalue weighted by molar-refractivity contribution is -0.120. The third kappa shape index (κ3) is 4.09. The van der Waals surface area contributed by atoms with Gasteiger partial charge in [-0.1, -0.05) is 24.3 Å². The summed E-state index contributed by atoms with van der Waals surface area (Å²) in [5.74, 6) is 0.0391. The van der Waals surface area contributed by atoms with E-state index in [4.69, 9.17) is 10.00 Å². The molecule has 1 aliphatic rings. The molecule has 0 spiro atoms. The molecule has 2 atom stereocenters. The average Bonchev–Trinajstić information content (AvgIpc) is 3.02. The number of ketones is 1. The van der Waals surface area contributed by atoms with E-state index in [1.807, 2.05) is 37.3 Å². The number of nitriles is 1. The van der Waals surface area contributed by atoms with Gasteiger partial charge in [0, 0.05) is 6.42 Å². The number of hydrogen-bond donors (Lipinski definition) is 0. The fraction of sp³-hybridized carbons (Fsp3) is 0.500. The number of Topliss-reactive ketones (excluding diaryl/α,β-unsaturated/α-hetero) is 1. The molecule has 80 valence electrons. The van der Waals surface area contributed by atoms with Crippen molar-refractivity contribution in [2.75, 3.05) is 0 Å². The van der Waals surface area contributed by atoms with Crippen LogP contribution in [0.2, 0.25) is 0 Å². The van der Waals surface area contributed by atoms with Crippen molar-refractivity contribution in [2.24, 2.45) is 0 Å². The van der Waals surface area contributed by atoms with E-state index in [1.165, 1.54) is 0 Å². The molecule has 0 bridgehead atoms. The molecule has 0 aliphatic carbocycles. The molecule has 1 rings (SSSR count). The molecule has 1 heterocycles. The van der Waals surface area contributed by atoms with Crippen LogP contribution in [0.4, 0.5) is 0 Å². The summed E-state index contributed by atoms with van der Waals surface area (Å²) in [7, 11) is 0. The Morgan fingerprint density at radius 2 is 2.27 bits per heavy atom. The zero-order valence-corrected chi connectivity index (χ0v) is 8.85. The summed E-state index contributed by atoms with van der Waals surface area (Å²) in [6, 6.07) is 1.92. The Kier molecular flexibility index (Phi) is 4.79. The van der Waals surface area contributed by atoms with Gasteiger partial charge in [-0.25, -0.2) is 0 Å². The minimum atomic E-state index is -0.482. The van der Waals surface area contributed by atoms with Crippen molar-refractivity contribution in [3.05, 3.63) is 24.3 Å². The lowest BCUT2D eigenvalue weighted by Gasteiger charge is -1.91. The highest BCUT2D eigenvalue weighted by molar-refractivity contribution is 5.86. The summed E-state index contributed by atoms with van der Waals surface area (Å²) in [5, 5.41) is 8.45. The first-order chi connectivity index (χ1) is 7.29. The van der Waals surface area contributed by atoms with Crippen LogP contribution in [0.15, 0.2) is 24.3 Å².